The van der Waals surface area contributed by atoms with E-state index in [4.69, 9.17) is 9.26 Å². The first-order chi connectivity index (χ1) is 9.69. The predicted molar refractivity (Wildman–Crippen MR) is 85.1 cm³/mol. The average Bonchev–Trinajstić information content (AvgIpc) is 2.38. The fourth-order valence-corrected chi connectivity index (χ4v) is 4.05. The van der Waals surface area contributed by atoms with Gasteiger partial charge in [0.15, 0.2) is 0 Å². The van der Waals surface area contributed by atoms with Crippen LogP contribution >= 0.6 is 7.37 Å². The van der Waals surface area contributed by atoms with E-state index >= 15 is 0 Å². The Hall–Kier alpha value is -1.28. The Morgan fingerprint density at radius 3 is 2.29 bits per heavy atom. The lowest BCUT2D eigenvalue weighted by molar-refractivity contribution is -0.146. The van der Waals surface area contributed by atoms with Crippen molar-refractivity contribution in [2.75, 3.05) is 12.8 Å². The Morgan fingerprint density at radius 1 is 1.24 bits per heavy atom. The minimum absolute atomic E-state index is 0.171. The summed E-state index contributed by atoms with van der Waals surface area (Å²) in [7, 11) is -3.06. The molecule has 118 valence electrons. The molecule has 0 spiro atoms. The van der Waals surface area contributed by atoms with E-state index in [2.05, 4.69) is 0 Å². The van der Waals surface area contributed by atoms with Gasteiger partial charge in [-0.1, -0.05) is 45.9 Å². The molecule has 1 aromatic carbocycles. The summed E-state index contributed by atoms with van der Waals surface area (Å²) in [5, 5.41) is -0.552. The van der Waals surface area contributed by atoms with Gasteiger partial charge in [0.25, 0.3) is 7.37 Å². The second-order valence-electron chi connectivity index (χ2n) is 6.08. The van der Waals surface area contributed by atoms with Crippen molar-refractivity contribution in [2.45, 2.75) is 39.8 Å². The Bertz CT molecular complexity index is 505. The first-order valence-electron chi connectivity index (χ1n) is 7.20. The van der Waals surface area contributed by atoms with Crippen molar-refractivity contribution in [1.29, 1.82) is 0 Å². The minimum atomic E-state index is -3.06. The zero-order chi connectivity index (χ0) is 16.1. The predicted octanol–water partition coefficient (Wildman–Crippen LogP) is 4.34. The number of hydrogen-bond donors (Lipinski definition) is 0. The maximum atomic E-state index is 13.3. The van der Waals surface area contributed by atoms with Gasteiger partial charge in [-0.2, -0.15) is 0 Å². The largest absolute Gasteiger partial charge is 0.466 e. The summed E-state index contributed by atoms with van der Waals surface area (Å²) >= 11 is 0. The first-order valence-corrected chi connectivity index (χ1v) is 9.01. The van der Waals surface area contributed by atoms with E-state index in [0.29, 0.717) is 12.4 Å². The van der Waals surface area contributed by atoms with Gasteiger partial charge in [0, 0.05) is 11.3 Å². The number of para-hydroxylation sites is 1. The molecule has 0 fully saturated rings. The van der Waals surface area contributed by atoms with Gasteiger partial charge in [-0.15, -0.1) is 0 Å². The van der Waals surface area contributed by atoms with Crippen LogP contribution in [0.5, 0.6) is 5.75 Å². The molecule has 1 unspecified atom stereocenters. The lowest BCUT2D eigenvalue weighted by Gasteiger charge is -2.32. The zero-order valence-corrected chi connectivity index (χ0v) is 14.4. The van der Waals surface area contributed by atoms with E-state index in [1.165, 1.54) is 0 Å². The molecule has 1 rings (SSSR count). The molecule has 1 aromatic rings. The SMILES string of the molecule is CCOC(=O)[C@H](C)CP(=O)(Oc1ccccc1)C(C)(C)C. The third kappa shape index (κ3) is 4.89. The van der Waals surface area contributed by atoms with Gasteiger partial charge in [-0.25, -0.2) is 0 Å². The second-order valence-corrected chi connectivity index (χ2v) is 9.32. The lowest BCUT2D eigenvalue weighted by Crippen LogP contribution is -2.27. The normalized spacial score (nSPS) is 15.9. The molecular formula is C16H25O4P. The van der Waals surface area contributed by atoms with Crippen molar-refractivity contribution in [3.8, 4) is 5.75 Å². The van der Waals surface area contributed by atoms with Crippen molar-refractivity contribution in [2.24, 2.45) is 5.92 Å². The summed E-state index contributed by atoms with van der Waals surface area (Å²) in [5.74, 6) is -0.232. The van der Waals surface area contributed by atoms with Crippen LogP contribution in [0.25, 0.3) is 0 Å². The fraction of sp³-hybridized carbons (Fsp3) is 0.562. The molecule has 0 aromatic heterocycles. The maximum absolute atomic E-state index is 13.3. The standard InChI is InChI=1S/C16H25O4P/c1-6-19-15(17)13(2)12-21(18,16(3,4)5)20-14-10-8-7-9-11-14/h7-11,13H,6,12H2,1-5H3/t13-,21?/m1/s1. The van der Waals surface area contributed by atoms with E-state index in [9.17, 15) is 9.36 Å². The first kappa shape index (κ1) is 17.8. The molecule has 2 atom stereocenters. The summed E-state index contributed by atoms with van der Waals surface area (Å²) in [4.78, 5) is 11.8. The van der Waals surface area contributed by atoms with Crippen LogP contribution in [-0.2, 0) is 14.1 Å². The highest BCUT2D eigenvalue weighted by atomic mass is 31.2. The van der Waals surface area contributed by atoms with Crippen molar-refractivity contribution < 1.29 is 18.6 Å². The zero-order valence-electron chi connectivity index (χ0n) is 13.5. The molecule has 4 nitrogen and oxygen atoms in total. The van der Waals surface area contributed by atoms with Gasteiger partial charge in [-0.05, 0) is 19.1 Å². The molecule has 21 heavy (non-hydrogen) atoms. The molecule has 0 saturated heterocycles. The molecule has 0 heterocycles. The van der Waals surface area contributed by atoms with Gasteiger partial charge in [0.05, 0.1) is 12.5 Å². The Morgan fingerprint density at radius 2 is 1.81 bits per heavy atom. The number of esters is 1. The number of rotatable bonds is 6. The molecular weight excluding hydrogens is 287 g/mol. The molecule has 5 heteroatoms. The molecule has 0 aliphatic carbocycles. The van der Waals surface area contributed by atoms with Crippen molar-refractivity contribution in [3.63, 3.8) is 0 Å². The van der Waals surface area contributed by atoms with Gasteiger partial charge < -0.3 is 9.26 Å². The molecule has 0 bridgehead atoms. The van der Waals surface area contributed by atoms with Gasteiger partial charge in [0.2, 0.25) is 0 Å². The van der Waals surface area contributed by atoms with Crippen LogP contribution in [0.1, 0.15) is 34.6 Å². The van der Waals surface area contributed by atoms with Crippen LogP contribution in [0.15, 0.2) is 30.3 Å². The van der Waals surface area contributed by atoms with Gasteiger partial charge >= 0.3 is 5.97 Å². The van der Waals surface area contributed by atoms with Crippen LogP contribution in [0.4, 0.5) is 0 Å². The van der Waals surface area contributed by atoms with Crippen molar-refractivity contribution >= 4 is 13.3 Å². The molecule has 0 N–H and O–H groups in total. The highest BCUT2D eigenvalue weighted by Gasteiger charge is 2.41. The Kier molecular flexibility index (Phi) is 6.03. The summed E-state index contributed by atoms with van der Waals surface area (Å²) in [6.45, 7) is 9.42. The highest BCUT2D eigenvalue weighted by Crippen LogP contribution is 2.59. The van der Waals surface area contributed by atoms with Crippen LogP contribution in [-0.4, -0.2) is 23.9 Å². The number of carbonyl (C=O) groups excluding carboxylic acids is 1. The van der Waals surface area contributed by atoms with E-state index < -0.39 is 18.4 Å². The van der Waals surface area contributed by atoms with E-state index in [1.54, 1.807) is 26.0 Å². The van der Waals surface area contributed by atoms with E-state index in [-0.39, 0.29) is 12.1 Å². The topological polar surface area (TPSA) is 52.6 Å². The molecule has 0 aliphatic rings. The Balaban J connectivity index is 2.95. The maximum Gasteiger partial charge on any atom is 0.309 e. The lowest BCUT2D eigenvalue weighted by atomic mass is 10.2. The molecule has 0 amide bonds. The van der Waals surface area contributed by atoms with Crippen molar-refractivity contribution in [1.82, 2.24) is 0 Å². The van der Waals surface area contributed by atoms with E-state index in [0.717, 1.165) is 0 Å². The molecule has 0 aliphatic heterocycles. The summed E-state index contributed by atoms with van der Waals surface area (Å²) in [6, 6.07) is 9.07. The summed E-state index contributed by atoms with van der Waals surface area (Å²) < 4.78 is 24.1. The summed E-state index contributed by atoms with van der Waals surface area (Å²) in [6.07, 6.45) is 0.171. The number of carbonyl (C=O) groups is 1. The third-order valence-corrected chi connectivity index (χ3v) is 6.80. The van der Waals surface area contributed by atoms with Crippen LogP contribution in [0.3, 0.4) is 0 Å². The molecule has 0 radical (unpaired) electrons. The van der Waals surface area contributed by atoms with Crippen LogP contribution in [0.2, 0.25) is 0 Å². The monoisotopic (exact) mass is 312 g/mol. The van der Waals surface area contributed by atoms with Gasteiger partial charge in [-0.3, -0.25) is 9.36 Å². The Labute approximate surface area is 127 Å². The third-order valence-electron chi connectivity index (χ3n) is 3.22. The summed E-state index contributed by atoms with van der Waals surface area (Å²) in [5.41, 5.74) is 0. The second kappa shape index (κ2) is 7.13. The number of hydrogen-bond acceptors (Lipinski definition) is 4. The number of ether oxygens (including phenoxy) is 1. The smallest absolute Gasteiger partial charge is 0.309 e. The van der Waals surface area contributed by atoms with Crippen molar-refractivity contribution in [3.05, 3.63) is 30.3 Å². The average molecular weight is 312 g/mol. The number of benzene rings is 1. The fourth-order valence-electron chi connectivity index (χ4n) is 1.82. The van der Waals surface area contributed by atoms with E-state index in [1.807, 2.05) is 39.0 Å². The quantitative estimate of drug-likeness (QED) is 0.579. The van der Waals surface area contributed by atoms with Crippen LogP contribution < -0.4 is 4.52 Å². The minimum Gasteiger partial charge on any atom is -0.466 e. The molecule has 0 saturated carbocycles. The van der Waals surface area contributed by atoms with Gasteiger partial charge in [0.1, 0.15) is 5.75 Å². The van der Waals surface area contributed by atoms with Crippen LogP contribution in [0, 0.1) is 5.92 Å². The highest BCUT2D eigenvalue weighted by molar-refractivity contribution is 7.61.